The molecule has 1 N–H and O–H groups in total. The van der Waals surface area contributed by atoms with Crippen LogP contribution in [0.1, 0.15) is 17.8 Å². The third kappa shape index (κ3) is 5.37. The van der Waals surface area contributed by atoms with E-state index in [4.69, 9.17) is 9.84 Å². The maximum atomic E-state index is 13.0. The van der Waals surface area contributed by atoms with E-state index in [2.05, 4.69) is 37.4 Å². The molecule has 0 saturated carbocycles. The van der Waals surface area contributed by atoms with Gasteiger partial charge >= 0.3 is 0 Å². The van der Waals surface area contributed by atoms with Gasteiger partial charge in [-0.3, -0.25) is 4.79 Å². The number of hydrogen-bond donors (Lipinski definition) is 1. The minimum atomic E-state index is -0.297. The Morgan fingerprint density at radius 1 is 1.00 bits per heavy atom. The van der Waals surface area contributed by atoms with Crippen molar-refractivity contribution in [3.05, 3.63) is 77.9 Å². The number of aryl methyl sites for hydroxylation is 1. The Kier molecular flexibility index (Phi) is 6.92. The van der Waals surface area contributed by atoms with Crippen LogP contribution in [0.2, 0.25) is 0 Å². The summed E-state index contributed by atoms with van der Waals surface area (Å²) >= 11 is 0. The number of nitrogens with one attached hydrogen (secondary N) is 1. The molecule has 1 aliphatic rings. The molecule has 186 valence electrons. The Balaban J connectivity index is 1.18. The van der Waals surface area contributed by atoms with Crippen LogP contribution < -0.4 is 19.9 Å². The molecule has 0 bridgehead atoms. The molecule has 9 nitrogen and oxygen atoms in total. The second-order valence-electron chi connectivity index (χ2n) is 8.66. The lowest BCUT2D eigenvalue weighted by atomic mass is 10.2. The summed E-state index contributed by atoms with van der Waals surface area (Å²) in [6, 6.07) is 18.1. The lowest BCUT2D eigenvalue weighted by Crippen LogP contribution is -2.47. The molecule has 2 aromatic heterocycles. The van der Waals surface area contributed by atoms with E-state index in [0.717, 1.165) is 49.0 Å². The van der Waals surface area contributed by atoms with Gasteiger partial charge in [0, 0.05) is 57.3 Å². The highest BCUT2D eigenvalue weighted by molar-refractivity contribution is 5.76. The fraction of sp³-hybridized carbons (Fsp3) is 0.308. The summed E-state index contributed by atoms with van der Waals surface area (Å²) < 4.78 is 20.1. The molecule has 1 amide bonds. The Morgan fingerprint density at radius 2 is 1.78 bits per heavy atom. The number of ether oxygens (including phenoxy) is 1. The number of hydrogen-bond acceptors (Lipinski definition) is 7. The average Bonchev–Trinajstić information content (AvgIpc) is 3.34. The molecule has 1 saturated heterocycles. The lowest BCUT2D eigenvalue weighted by molar-refractivity contribution is -0.121. The highest BCUT2D eigenvalue weighted by atomic mass is 19.1. The van der Waals surface area contributed by atoms with Crippen LogP contribution in [0.4, 0.5) is 15.9 Å². The predicted molar refractivity (Wildman–Crippen MR) is 135 cm³/mol. The molecule has 4 aromatic rings. The van der Waals surface area contributed by atoms with Crippen molar-refractivity contribution in [3.8, 4) is 5.75 Å². The number of carbonyl (C=O) groups excluding carboxylic acids is 1. The number of carbonyl (C=O) groups is 1. The van der Waals surface area contributed by atoms with Crippen LogP contribution in [0.25, 0.3) is 5.65 Å². The van der Waals surface area contributed by atoms with E-state index < -0.39 is 0 Å². The monoisotopic (exact) mass is 489 g/mol. The van der Waals surface area contributed by atoms with E-state index in [1.54, 1.807) is 23.8 Å². The minimum absolute atomic E-state index is 0.110. The van der Waals surface area contributed by atoms with Crippen LogP contribution in [0, 0.1) is 5.82 Å². The molecule has 0 spiro atoms. The van der Waals surface area contributed by atoms with E-state index in [9.17, 15) is 9.18 Å². The van der Waals surface area contributed by atoms with Crippen LogP contribution >= 0.6 is 0 Å². The summed E-state index contributed by atoms with van der Waals surface area (Å²) in [6.45, 7) is 3.76. The standard InChI is InChI=1S/C26H28FN7O2/c1-36-22-4-2-3-21(17-22)32-13-15-33(16-14-32)25-10-9-23-29-30-24(34(23)31-25)11-12-26(35)28-18-19-5-7-20(27)8-6-19/h2-10,17H,11-16,18H2,1H3,(H,28,35). The zero-order chi connectivity index (χ0) is 24.9. The first-order valence-corrected chi connectivity index (χ1v) is 12.0. The average molecular weight is 490 g/mol. The van der Waals surface area contributed by atoms with Gasteiger partial charge in [0.2, 0.25) is 5.91 Å². The smallest absolute Gasteiger partial charge is 0.220 e. The number of benzene rings is 2. The summed E-state index contributed by atoms with van der Waals surface area (Å²) in [5.74, 6) is 1.94. The van der Waals surface area contributed by atoms with Crippen molar-refractivity contribution in [2.75, 3.05) is 43.1 Å². The molecule has 1 aliphatic heterocycles. The summed E-state index contributed by atoms with van der Waals surface area (Å²) in [5, 5.41) is 16.1. The third-order valence-corrected chi connectivity index (χ3v) is 6.31. The van der Waals surface area contributed by atoms with Crippen molar-refractivity contribution in [1.29, 1.82) is 0 Å². The van der Waals surface area contributed by atoms with E-state index in [1.165, 1.54) is 12.1 Å². The van der Waals surface area contributed by atoms with Gasteiger partial charge in [-0.05, 0) is 42.0 Å². The third-order valence-electron chi connectivity index (χ3n) is 6.31. The van der Waals surface area contributed by atoms with Gasteiger partial charge in [0.25, 0.3) is 0 Å². The number of piperazine rings is 1. The Hall–Kier alpha value is -4.21. The predicted octanol–water partition coefficient (Wildman–Crippen LogP) is 2.85. The first-order valence-electron chi connectivity index (χ1n) is 12.0. The van der Waals surface area contributed by atoms with Gasteiger partial charge < -0.3 is 19.9 Å². The maximum Gasteiger partial charge on any atom is 0.220 e. The Labute approximate surface area is 208 Å². The Bertz CT molecular complexity index is 1330. The zero-order valence-corrected chi connectivity index (χ0v) is 20.1. The molecule has 0 aliphatic carbocycles. The van der Waals surface area contributed by atoms with Crippen molar-refractivity contribution >= 4 is 23.1 Å². The minimum Gasteiger partial charge on any atom is -0.497 e. The molecule has 1 fully saturated rings. The van der Waals surface area contributed by atoms with Crippen molar-refractivity contribution in [2.24, 2.45) is 0 Å². The first kappa shape index (κ1) is 23.5. The zero-order valence-electron chi connectivity index (χ0n) is 20.1. The van der Waals surface area contributed by atoms with Gasteiger partial charge in [-0.15, -0.1) is 15.3 Å². The molecule has 0 radical (unpaired) electrons. The normalized spacial score (nSPS) is 13.7. The Morgan fingerprint density at radius 3 is 2.56 bits per heavy atom. The first-order chi connectivity index (χ1) is 17.6. The van der Waals surface area contributed by atoms with E-state index in [0.29, 0.717) is 24.4 Å². The van der Waals surface area contributed by atoms with Crippen molar-refractivity contribution < 1.29 is 13.9 Å². The highest BCUT2D eigenvalue weighted by Gasteiger charge is 2.20. The second kappa shape index (κ2) is 10.6. The van der Waals surface area contributed by atoms with Crippen molar-refractivity contribution in [1.82, 2.24) is 25.1 Å². The summed E-state index contributed by atoms with van der Waals surface area (Å²) in [6.07, 6.45) is 0.670. The molecule has 3 heterocycles. The summed E-state index contributed by atoms with van der Waals surface area (Å²) in [7, 11) is 1.68. The van der Waals surface area contributed by atoms with Crippen LogP contribution in [0.15, 0.2) is 60.7 Å². The molecule has 2 aromatic carbocycles. The molecule has 10 heteroatoms. The number of nitrogens with zero attached hydrogens (tertiary/aromatic N) is 6. The highest BCUT2D eigenvalue weighted by Crippen LogP contribution is 2.23. The number of fused-ring (bicyclic) bond motifs is 1. The quantitative estimate of drug-likeness (QED) is 0.407. The largest absolute Gasteiger partial charge is 0.497 e. The molecule has 0 atom stereocenters. The number of aromatic nitrogens is 4. The SMILES string of the molecule is COc1cccc(N2CCN(c3ccc4nnc(CCC(=O)NCc5ccc(F)cc5)n4n3)CC2)c1. The maximum absolute atomic E-state index is 13.0. The van der Waals surface area contributed by atoms with Gasteiger partial charge in [-0.25, -0.2) is 4.39 Å². The molecular formula is C26H28FN7O2. The van der Waals surface area contributed by atoms with Crippen LogP contribution in [0.5, 0.6) is 5.75 Å². The van der Waals surface area contributed by atoms with Crippen molar-refractivity contribution in [2.45, 2.75) is 19.4 Å². The topological polar surface area (TPSA) is 87.9 Å². The van der Waals surface area contributed by atoms with Gasteiger partial charge in [0.15, 0.2) is 11.5 Å². The fourth-order valence-electron chi connectivity index (χ4n) is 4.27. The lowest BCUT2D eigenvalue weighted by Gasteiger charge is -2.36. The van der Waals surface area contributed by atoms with Crippen molar-refractivity contribution in [3.63, 3.8) is 0 Å². The molecule has 0 unspecified atom stereocenters. The number of halogens is 1. The fourth-order valence-corrected chi connectivity index (χ4v) is 4.27. The number of amides is 1. The van der Waals surface area contributed by atoms with Crippen LogP contribution in [-0.2, 0) is 17.8 Å². The number of anilines is 2. The summed E-state index contributed by atoms with van der Waals surface area (Å²) in [5.41, 5.74) is 2.64. The number of methoxy groups -OCH3 is 1. The summed E-state index contributed by atoms with van der Waals surface area (Å²) in [4.78, 5) is 16.9. The van der Waals surface area contributed by atoms with Gasteiger partial charge in [-0.1, -0.05) is 18.2 Å². The molecular weight excluding hydrogens is 461 g/mol. The van der Waals surface area contributed by atoms with Crippen LogP contribution in [0.3, 0.4) is 0 Å². The van der Waals surface area contributed by atoms with Gasteiger partial charge in [0.05, 0.1) is 7.11 Å². The molecule has 5 rings (SSSR count). The van der Waals surface area contributed by atoms with E-state index >= 15 is 0 Å². The van der Waals surface area contributed by atoms with Crippen LogP contribution in [-0.4, -0.2) is 59.0 Å². The number of rotatable bonds is 8. The second-order valence-corrected chi connectivity index (χ2v) is 8.66. The van der Waals surface area contributed by atoms with E-state index in [1.807, 2.05) is 24.3 Å². The molecule has 36 heavy (non-hydrogen) atoms. The van der Waals surface area contributed by atoms with Gasteiger partial charge in [0.1, 0.15) is 17.4 Å². The van der Waals surface area contributed by atoms with Gasteiger partial charge in [-0.2, -0.15) is 4.52 Å². The van der Waals surface area contributed by atoms with E-state index in [-0.39, 0.29) is 18.1 Å².